The maximum absolute atomic E-state index is 12.4. The summed E-state index contributed by atoms with van der Waals surface area (Å²) in [7, 11) is 1.61. The summed E-state index contributed by atoms with van der Waals surface area (Å²) >= 11 is 0. The molecule has 0 spiro atoms. The molecule has 8 nitrogen and oxygen atoms in total. The van der Waals surface area contributed by atoms with Gasteiger partial charge in [0, 0.05) is 13.1 Å². The van der Waals surface area contributed by atoms with Gasteiger partial charge in [-0.15, -0.1) is 0 Å². The quantitative estimate of drug-likeness (QED) is 0.689. The number of nitrogens with one attached hydrogen (secondary N) is 1. The molecule has 1 aliphatic heterocycles. The van der Waals surface area contributed by atoms with Gasteiger partial charge in [-0.2, -0.15) is 0 Å². The zero-order valence-corrected chi connectivity index (χ0v) is 17.3. The van der Waals surface area contributed by atoms with Gasteiger partial charge in [-0.25, -0.2) is 4.98 Å². The van der Waals surface area contributed by atoms with Crippen LogP contribution in [0, 0.1) is 5.92 Å². The van der Waals surface area contributed by atoms with Crippen LogP contribution in [0.5, 0.6) is 5.75 Å². The van der Waals surface area contributed by atoms with Crippen LogP contribution in [-0.2, 0) is 20.9 Å². The van der Waals surface area contributed by atoms with Crippen molar-refractivity contribution in [2.75, 3.05) is 30.4 Å². The normalized spacial score (nSPS) is 17.3. The lowest BCUT2D eigenvalue weighted by Gasteiger charge is -2.32. The summed E-state index contributed by atoms with van der Waals surface area (Å²) in [6.45, 7) is 3.41. The van der Waals surface area contributed by atoms with Gasteiger partial charge >= 0.3 is 0 Å². The van der Waals surface area contributed by atoms with Crippen LogP contribution < -0.4 is 20.7 Å². The first-order chi connectivity index (χ1) is 14.5. The van der Waals surface area contributed by atoms with Gasteiger partial charge in [-0.05, 0) is 49.6 Å². The molecule has 30 heavy (non-hydrogen) atoms. The van der Waals surface area contributed by atoms with Crippen LogP contribution in [0.1, 0.15) is 25.3 Å². The van der Waals surface area contributed by atoms with E-state index in [0.717, 1.165) is 36.5 Å². The predicted molar refractivity (Wildman–Crippen MR) is 114 cm³/mol. The Labute approximate surface area is 176 Å². The van der Waals surface area contributed by atoms with Gasteiger partial charge in [-0.1, -0.05) is 12.1 Å². The molecule has 0 radical (unpaired) electrons. The van der Waals surface area contributed by atoms with Crippen LogP contribution in [0.3, 0.4) is 0 Å². The van der Waals surface area contributed by atoms with Crippen LogP contribution in [-0.4, -0.2) is 43.1 Å². The number of anilines is 2. The third kappa shape index (κ3) is 5.70. The molecule has 0 bridgehead atoms. The standard InChI is InChI=1S/C22H28N4O4/c1-15(30-14-16-5-3-7-19(11-16)29-2)22(28)25-18-8-9-20(24-12-18)26-10-4-6-17(13-26)21(23)27/h3,5,7-9,11-12,15,17H,4,6,10,13-14H2,1-2H3,(H2,23,27)(H,25,28). The van der Waals surface area contributed by atoms with E-state index >= 15 is 0 Å². The Morgan fingerprint density at radius 3 is 2.87 bits per heavy atom. The van der Waals surface area contributed by atoms with Crippen molar-refractivity contribution >= 4 is 23.3 Å². The molecule has 1 aromatic heterocycles. The minimum Gasteiger partial charge on any atom is -0.497 e. The topological polar surface area (TPSA) is 107 Å². The third-order valence-electron chi connectivity index (χ3n) is 5.17. The fourth-order valence-corrected chi connectivity index (χ4v) is 3.37. The van der Waals surface area contributed by atoms with E-state index in [-0.39, 0.29) is 17.7 Å². The number of ether oxygens (including phenoxy) is 2. The molecule has 2 unspecified atom stereocenters. The highest BCUT2D eigenvalue weighted by Gasteiger charge is 2.24. The number of primary amides is 1. The van der Waals surface area contributed by atoms with Crippen LogP contribution in [0.15, 0.2) is 42.6 Å². The van der Waals surface area contributed by atoms with Crippen LogP contribution in [0.4, 0.5) is 11.5 Å². The molecule has 1 aliphatic rings. The largest absolute Gasteiger partial charge is 0.497 e. The summed E-state index contributed by atoms with van der Waals surface area (Å²) in [5.74, 6) is 0.838. The average Bonchev–Trinajstić information content (AvgIpc) is 2.78. The predicted octanol–water partition coefficient (Wildman–Crippen LogP) is 2.34. The van der Waals surface area contributed by atoms with E-state index < -0.39 is 6.10 Å². The molecule has 1 saturated heterocycles. The number of nitrogens with two attached hydrogens (primary N) is 1. The zero-order chi connectivity index (χ0) is 21.5. The minimum absolute atomic E-state index is 0.150. The Kier molecular flexibility index (Phi) is 7.24. The molecule has 160 valence electrons. The Morgan fingerprint density at radius 1 is 1.33 bits per heavy atom. The highest BCUT2D eigenvalue weighted by Crippen LogP contribution is 2.22. The van der Waals surface area contributed by atoms with E-state index in [9.17, 15) is 9.59 Å². The van der Waals surface area contributed by atoms with Crippen LogP contribution in [0.2, 0.25) is 0 Å². The number of carbonyl (C=O) groups excluding carboxylic acids is 2. The lowest BCUT2D eigenvalue weighted by Crippen LogP contribution is -2.41. The molecule has 2 heterocycles. The first-order valence-electron chi connectivity index (χ1n) is 10.0. The number of amides is 2. The second-order valence-corrected chi connectivity index (χ2v) is 7.39. The number of piperidine rings is 1. The number of pyridine rings is 1. The number of methoxy groups -OCH3 is 1. The number of hydrogen-bond acceptors (Lipinski definition) is 6. The third-order valence-corrected chi connectivity index (χ3v) is 5.17. The van der Waals surface area contributed by atoms with Crippen molar-refractivity contribution in [1.29, 1.82) is 0 Å². The van der Waals surface area contributed by atoms with E-state index in [1.165, 1.54) is 0 Å². The SMILES string of the molecule is COc1cccc(COC(C)C(=O)Nc2ccc(N3CCCC(C(N)=O)C3)nc2)c1. The fourth-order valence-electron chi connectivity index (χ4n) is 3.37. The van der Waals surface area contributed by atoms with Crippen molar-refractivity contribution in [2.24, 2.45) is 11.7 Å². The minimum atomic E-state index is -0.630. The lowest BCUT2D eigenvalue weighted by molar-refractivity contribution is -0.127. The van der Waals surface area contributed by atoms with Crippen LogP contribution >= 0.6 is 0 Å². The van der Waals surface area contributed by atoms with Gasteiger partial charge in [0.25, 0.3) is 5.91 Å². The van der Waals surface area contributed by atoms with Crippen molar-refractivity contribution < 1.29 is 19.1 Å². The molecular weight excluding hydrogens is 384 g/mol. The molecule has 1 aromatic carbocycles. The maximum atomic E-state index is 12.4. The van der Waals surface area contributed by atoms with E-state index in [2.05, 4.69) is 10.3 Å². The van der Waals surface area contributed by atoms with Crippen LogP contribution in [0.25, 0.3) is 0 Å². The van der Waals surface area contributed by atoms with Gasteiger partial charge in [0.15, 0.2) is 0 Å². The van der Waals surface area contributed by atoms with Gasteiger partial charge in [-0.3, -0.25) is 9.59 Å². The smallest absolute Gasteiger partial charge is 0.253 e. The van der Waals surface area contributed by atoms with Crippen molar-refractivity contribution in [3.63, 3.8) is 0 Å². The summed E-state index contributed by atoms with van der Waals surface area (Å²) < 4.78 is 10.9. The molecule has 0 saturated carbocycles. The van der Waals surface area contributed by atoms with Crippen molar-refractivity contribution in [1.82, 2.24) is 4.98 Å². The molecule has 8 heteroatoms. The van der Waals surface area contributed by atoms with E-state index in [0.29, 0.717) is 18.8 Å². The fraction of sp³-hybridized carbons (Fsp3) is 0.409. The molecule has 3 rings (SSSR count). The van der Waals surface area contributed by atoms with Crippen molar-refractivity contribution in [2.45, 2.75) is 32.5 Å². The zero-order valence-electron chi connectivity index (χ0n) is 17.3. The van der Waals surface area contributed by atoms with Crippen molar-refractivity contribution in [3.05, 3.63) is 48.2 Å². The van der Waals surface area contributed by atoms with Gasteiger partial charge in [0.2, 0.25) is 5.91 Å². The Balaban J connectivity index is 1.51. The molecule has 2 atom stereocenters. The molecule has 1 fully saturated rings. The molecule has 2 amide bonds. The second kappa shape index (κ2) is 10.1. The summed E-state index contributed by atoms with van der Waals surface area (Å²) in [6.07, 6.45) is 2.69. The van der Waals surface area contributed by atoms with E-state index in [4.69, 9.17) is 15.2 Å². The summed E-state index contributed by atoms with van der Waals surface area (Å²) in [5, 5.41) is 2.81. The molecule has 0 aliphatic carbocycles. The molecular formula is C22H28N4O4. The first-order valence-corrected chi connectivity index (χ1v) is 10.0. The lowest BCUT2D eigenvalue weighted by atomic mass is 9.97. The Bertz CT molecular complexity index is 872. The van der Waals surface area contributed by atoms with E-state index in [1.54, 1.807) is 26.3 Å². The van der Waals surface area contributed by atoms with Gasteiger partial charge < -0.3 is 25.4 Å². The maximum Gasteiger partial charge on any atom is 0.253 e. The summed E-state index contributed by atoms with van der Waals surface area (Å²) in [4.78, 5) is 30.3. The summed E-state index contributed by atoms with van der Waals surface area (Å²) in [5.41, 5.74) is 6.95. The van der Waals surface area contributed by atoms with Gasteiger partial charge in [0.1, 0.15) is 17.7 Å². The Hall–Kier alpha value is -3.13. The van der Waals surface area contributed by atoms with Crippen molar-refractivity contribution in [3.8, 4) is 5.75 Å². The molecule has 2 aromatic rings. The first kappa shape index (κ1) is 21.6. The number of carbonyl (C=O) groups is 2. The average molecular weight is 412 g/mol. The monoisotopic (exact) mass is 412 g/mol. The highest BCUT2D eigenvalue weighted by molar-refractivity contribution is 5.93. The summed E-state index contributed by atoms with van der Waals surface area (Å²) in [6, 6.07) is 11.1. The second-order valence-electron chi connectivity index (χ2n) is 7.39. The number of rotatable bonds is 8. The number of benzene rings is 1. The number of aromatic nitrogens is 1. The number of hydrogen-bond donors (Lipinski definition) is 2. The Morgan fingerprint density at radius 2 is 2.17 bits per heavy atom. The van der Waals surface area contributed by atoms with Gasteiger partial charge in [0.05, 0.1) is 31.5 Å². The van der Waals surface area contributed by atoms with E-state index in [1.807, 2.05) is 35.2 Å². The molecule has 3 N–H and O–H groups in total. The number of nitrogens with zero attached hydrogens (tertiary/aromatic N) is 2. The highest BCUT2D eigenvalue weighted by atomic mass is 16.5.